The molecule has 2 aromatic rings. The van der Waals surface area contributed by atoms with E-state index in [1.807, 2.05) is 32.0 Å². The normalized spacial score (nSPS) is 11.2. The average molecular weight is 378 g/mol. The molecule has 2 amide bonds. The van der Waals surface area contributed by atoms with Crippen LogP contribution in [0, 0.1) is 13.8 Å². The molecule has 144 valence electrons. The van der Waals surface area contributed by atoms with Crippen molar-refractivity contribution in [3.8, 4) is 0 Å². The highest BCUT2D eigenvalue weighted by atomic mass is 19.4. The van der Waals surface area contributed by atoms with Crippen LogP contribution in [0.2, 0.25) is 0 Å². The molecule has 2 aromatic carbocycles. The van der Waals surface area contributed by atoms with Crippen LogP contribution in [0.1, 0.15) is 34.0 Å². The maximum atomic E-state index is 12.6. The highest BCUT2D eigenvalue weighted by molar-refractivity contribution is 5.95. The molecule has 4 nitrogen and oxygen atoms in total. The largest absolute Gasteiger partial charge is 0.416 e. The van der Waals surface area contributed by atoms with Gasteiger partial charge in [-0.05, 0) is 49.7 Å². The number of benzene rings is 2. The van der Waals surface area contributed by atoms with Crippen LogP contribution in [-0.2, 0) is 11.0 Å². The number of anilines is 1. The number of alkyl halides is 3. The second-order valence-electron chi connectivity index (χ2n) is 6.29. The summed E-state index contributed by atoms with van der Waals surface area (Å²) in [6.45, 7) is 5.73. The average Bonchev–Trinajstić information content (AvgIpc) is 2.58. The first-order chi connectivity index (χ1) is 12.6. The zero-order chi connectivity index (χ0) is 20.2. The molecule has 0 heterocycles. The molecule has 27 heavy (non-hydrogen) atoms. The quantitative estimate of drug-likeness (QED) is 0.851. The highest BCUT2D eigenvalue weighted by Crippen LogP contribution is 2.29. The molecule has 0 bridgehead atoms. The molecule has 0 unspecified atom stereocenters. The van der Waals surface area contributed by atoms with Crippen molar-refractivity contribution < 1.29 is 22.8 Å². The van der Waals surface area contributed by atoms with Gasteiger partial charge in [-0.15, -0.1) is 0 Å². The van der Waals surface area contributed by atoms with E-state index in [4.69, 9.17) is 0 Å². The monoisotopic (exact) mass is 378 g/mol. The summed E-state index contributed by atoms with van der Waals surface area (Å²) in [5, 5.41) is 2.63. The third-order valence-electron chi connectivity index (χ3n) is 4.12. The van der Waals surface area contributed by atoms with E-state index >= 15 is 0 Å². The Balaban J connectivity index is 2.00. The number of nitrogens with zero attached hydrogens (tertiary/aromatic N) is 1. The molecule has 0 spiro atoms. The fraction of sp³-hybridized carbons (Fsp3) is 0.300. The van der Waals surface area contributed by atoms with Crippen molar-refractivity contribution in [1.29, 1.82) is 0 Å². The van der Waals surface area contributed by atoms with Gasteiger partial charge < -0.3 is 10.2 Å². The zero-order valence-corrected chi connectivity index (χ0v) is 15.4. The first-order valence-corrected chi connectivity index (χ1v) is 8.40. The van der Waals surface area contributed by atoms with Crippen molar-refractivity contribution in [3.63, 3.8) is 0 Å². The number of amides is 2. The number of carbonyl (C=O) groups is 2. The summed E-state index contributed by atoms with van der Waals surface area (Å²) >= 11 is 0. The number of halogens is 3. The van der Waals surface area contributed by atoms with Crippen LogP contribution < -0.4 is 10.2 Å². The molecule has 0 atom stereocenters. The van der Waals surface area contributed by atoms with Gasteiger partial charge in [-0.3, -0.25) is 9.59 Å². The van der Waals surface area contributed by atoms with Crippen molar-refractivity contribution in [2.24, 2.45) is 0 Å². The Hall–Kier alpha value is -2.83. The van der Waals surface area contributed by atoms with Gasteiger partial charge >= 0.3 is 6.18 Å². The maximum absolute atomic E-state index is 12.6. The Morgan fingerprint density at radius 1 is 1.04 bits per heavy atom. The lowest BCUT2D eigenvalue weighted by atomic mass is 10.1. The van der Waals surface area contributed by atoms with E-state index in [9.17, 15) is 22.8 Å². The van der Waals surface area contributed by atoms with Crippen molar-refractivity contribution in [1.82, 2.24) is 5.32 Å². The predicted octanol–water partition coefficient (Wildman–Crippen LogP) is 4.11. The number of nitrogens with one attached hydrogen (secondary N) is 1. The fourth-order valence-corrected chi connectivity index (χ4v) is 2.75. The van der Waals surface area contributed by atoms with E-state index in [2.05, 4.69) is 5.32 Å². The van der Waals surface area contributed by atoms with Gasteiger partial charge in [0.05, 0.1) is 5.56 Å². The molecule has 0 aliphatic rings. The summed E-state index contributed by atoms with van der Waals surface area (Å²) in [4.78, 5) is 25.6. The Kier molecular flexibility index (Phi) is 6.25. The topological polar surface area (TPSA) is 49.4 Å². The molecule has 0 aliphatic heterocycles. The SMILES string of the molecule is CC(=O)N(CCNC(=O)c1ccc(C(F)(F)F)cc1)c1ccc(C)cc1C. The van der Waals surface area contributed by atoms with Gasteiger partial charge in [0.15, 0.2) is 0 Å². The highest BCUT2D eigenvalue weighted by Gasteiger charge is 2.30. The fourth-order valence-electron chi connectivity index (χ4n) is 2.75. The number of hydrogen-bond acceptors (Lipinski definition) is 2. The minimum absolute atomic E-state index is 0.129. The van der Waals surface area contributed by atoms with E-state index in [0.717, 1.165) is 41.1 Å². The van der Waals surface area contributed by atoms with Gasteiger partial charge in [0.25, 0.3) is 5.91 Å². The summed E-state index contributed by atoms with van der Waals surface area (Å²) in [7, 11) is 0. The van der Waals surface area contributed by atoms with Gasteiger partial charge in [-0.2, -0.15) is 13.2 Å². The number of hydrogen-bond donors (Lipinski definition) is 1. The van der Waals surface area contributed by atoms with Gasteiger partial charge in [0.2, 0.25) is 5.91 Å². The Morgan fingerprint density at radius 3 is 2.19 bits per heavy atom. The van der Waals surface area contributed by atoms with Crippen LogP contribution in [0.25, 0.3) is 0 Å². The smallest absolute Gasteiger partial charge is 0.350 e. The third kappa shape index (κ3) is 5.32. The molecular weight excluding hydrogens is 357 g/mol. The first-order valence-electron chi connectivity index (χ1n) is 8.40. The molecule has 2 rings (SSSR count). The number of carbonyl (C=O) groups excluding carboxylic acids is 2. The molecule has 0 saturated heterocycles. The van der Waals surface area contributed by atoms with E-state index in [0.29, 0.717) is 0 Å². The maximum Gasteiger partial charge on any atom is 0.416 e. The zero-order valence-electron chi connectivity index (χ0n) is 15.4. The summed E-state index contributed by atoms with van der Waals surface area (Å²) in [6, 6.07) is 9.71. The van der Waals surface area contributed by atoms with E-state index in [1.165, 1.54) is 6.92 Å². The van der Waals surface area contributed by atoms with Crippen LogP contribution in [0.15, 0.2) is 42.5 Å². The van der Waals surface area contributed by atoms with Crippen LogP contribution in [0.5, 0.6) is 0 Å². The van der Waals surface area contributed by atoms with Crippen molar-refractivity contribution in [2.45, 2.75) is 26.9 Å². The van der Waals surface area contributed by atoms with E-state index in [-0.39, 0.29) is 24.6 Å². The molecule has 7 heteroatoms. The van der Waals surface area contributed by atoms with Crippen molar-refractivity contribution >= 4 is 17.5 Å². The van der Waals surface area contributed by atoms with Gasteiger partial charge in [0.1, 0.15) is 0 Å². The van der Waals surface area contributed by atoms with Gasteiger partial charge in [-0.25, -0.2) is 0 Å². The third-order valence-corrected chi connectivity index (χ3v) is 4.12. The minimum atomic E-state index is -4.44. The summed E-state index contributed by atoms with van der Waals surface area (Å²) in [5.74, 6) is -0.654. The minimum Gasteiger partial charge on any atom is -0.350 e. The summed E-state index contributed by atoms with van der Waals surface area (Å²) in [6.07, 6.45) is -4.44. The standard InChI is InChI=1S/C20H21F3N2O2/c1-13-4-9-18(14(2)12-13)25(15(3)26)11-10-24-19(27)16-5-7-17(8-6-16)20(21,22)23/h4-9,12H,10-11H2,1-3H3,(H,24,27). The van der Waals surface area contributed by atoms with Crippen molar-refractivity contribution in [3.05, 3.63) is 64.7 Å². The molecule has 0 saturated carbocycles. The Labute approximate surface area is 156 Å². The summed E-state index contributed by atoms with van der Waals surface area (Å²) in [5.41, 5.74) is 2.10. The molecule has 0 fully saturated rings. The first kappa shape index (κ1) is 20.5. The van der Waals surface area contributed by atoms with E-state index in [1.54, 1.807) is 4.90 Å². The van der Waals surface area contributed by atoms with Crippen molar-refractivity contribution in [2.75, 3.05) is 18.0 Å². The molecule has 0 aliphatic carbocycles. The second kappa shape index (κ2) is 8.24. The lowest BCUT2D eigenvalue weighted by Crippen LogP contribution is -2.38. The summed E-state index contributed by atoms with van der Waals surface area (Å²) < 4.78 is 37.7. The van der Waals surface area contributed by atoms with Gasteiger partial charge in [0, 0.05) is 31.3 Å². The number of rotatable bonds is 5. The Morgan fingerprint density at radius 2 is 1.67 bits per heavy atom. The lowest BCUT2D eigenvalue weighted by Gasteiger charge is -2.23. The van der Waals surface area contributed by atoms with Gasteiger partial charge in [-0.1, -0.05) is 17.7 Å². The van der Waals surface area contributed by atoms with E-state index < -0.39 is 17.6 Å². The second-order valence-corrected chi connectivity index (χ2v) is 6.29. The molecular formula is C20H21F3N2O2. The van der Waals surface area contributed by atoms with Crippen LogP contribution >= 0.6 is 0 Å². The van der Waals surface area contributed by atoms with Crippen LogP contribution in [0.4, 0.5) is 18.9 Å². The predicted molar refractivity (Wildman–Crippen MR) is 97.7 cm³/mol. The van der Waals surface area contributed by atoms with Crippen LogP contribution in [-0.4, -0.2) is 24.9 Å². The molecule has 0 radical (unpaired) electrons. The number of aryl methyl sites for hydroxylation is 2. The Bertz CT molecular complexity index is 830. The van der Waals surface area contributed by atoms with Crippen LogP contribution in [0.3, 0.4) is 0 Å². The molecule has 0 aromatic heterocycles. The lowest BCUT2D eigenvalue weighted by molar-refractivity contribution is -0.137. The molecule has 1 N–H and O–H groups in total.